The molecule has 0 spiro atoms. The van der Waals surface area contributed by atoms with Crippen LogP contribution in [0.2, 0.25) is 5.02 Å². The van der Waals surface area contributed by atoms with Crippen molar-refractivity contribution >= 4 is 17.6 Å². The van der Waals surface area contributed by atoms with Crippen molar-refractivity contribution in [2.45, 2.75) is 6.18 Å². The molecule has 0 bridgehead atoms. The first-order valence-electron chi connectivity index (χ1n) is 5.49. The third kappa shape index (κ3) is 2.93. The molecule has 0 heterocycles. The SMILES string of the molecule is O=C(O)c1cc(Cl)cc(-c2ccccc2C(F)(F)F)c1. The quantitative estimate of drug-likeness (QED) is 0.871. The van der Waals surface area contributed by atoms with Gasteiger partial charge in [-0.3, -0.25) is 0 Å². The lowest BCUT2D eigenvalue weighted by molar-refractivity contribution is -0.137. The summed E-state index contributed by atoms with van der Waals surface area (Å²) in [5.41, 5.74) is -0.990. The summed E-state index contributed by atoms with van der Waals surface area (Å²) < 4.78 is 38.8. The average molecular weight is 301 g/mol. The number of alkyl halides is 3. The molecule has 0 unspecified atom stereocenters. The fourth-order valence-electron chi connectivity index (χ4n) is 1.85. The number of halogens is 4. The minimum absolute atomic E-state index is 0.0666. The van der Waals surface area contributed by atoms with Gasteiger partial charge < -0.3 is 5.11 Å². The van der Waals surface area contributed by atoms with Crippen molar-refractivity contribution in [2.75, 3.05) is 0 Å². The molecule has 0 radical (unpaired) electrons. The van der Waals surface area contributed by atoms with E-state index in [9.17, 15) is 18.0 Å². The van der Waals surface area contributed by atoms with E-state index >= 15 is 0 Å². The molecule has 2 aromatic rings. The molecule has 0 amide bonds. The summed E-state index contributed by atoms with van der Waals surface area (Å²) in [5.74, 6) is -1.25. The number of carboxylic acid groups (broad SMARTS) is 1. The summed E-state index contributed by atoms with van der Waals surface area (Å²) in [6.07, 6.45) is -4.53. The van der Waals surface area contributed by atoms with E-state index in [2.05, 4.69) is 0 Å². The van der Waals surface area contributed by atoms with Crippen LogP contribution in [0.25, 0.3) is 11.1 Å². The Hall–Kier alpha value is -2.01. The molecule has 20 heavy (non-hydrogen) atoms. The second-order valence-corrected chi connectivity index (χ2v) is 4.51. The van der Waals surface area contributed by atoms with Crippen LogP contribution in [0.1, 0.15) is 15.9 Å². The summed E-state index contributed by atoms with van der Waals surface area (Å²) in [7, 11) is 0. The molecule has 2 nitrogen and oxygen atoms in total. The van der Waals surface area contributed by atoms with Crippen molar-refractivity contribution < 1.29 is 23.1 Å². The lowest BCUT2D eigenvalue weighted by atomic mass is 9.98. The first kappa shape index (κ1) is 14.4. The zero-order valence-electron chi connectivity index (χ0n) is 9.91. The van der Waals surface area contributed by atoms with Crippen molar-refractivity contribution in [3.8, 4) is 11.1 Å². The molecule has 0 aromatic heterocycles. The van der Waals surface area contributed by atoms with Crippen LogP contribution in [0.4, 0.5) is 13.2 Å². The number of hydrogen-bond donors (Lipinski definition) is 1. The van der Waals surface area contributed by atoms with E-state index in [-0.39, 0.29) is 21.7 Å². The second-order valence-electron chi connectivity index (χ2n) is 4.08. The molecular weight excluding hydrogens is 293 g/mol. The van der Waals surface area contributed by atoms with E-state index in [1.807, 2.05) is 0 Å². The van der Waals surface area contributed by atoms with Crippen LogP contribution in [-0.4, -0.2) is 11.1 Å². The smallest absolute Gasteiger partial charge is 0.417 e. The molecule has 0 aliphatic heterocycles. The predicted molar refractivity (Wildman–Crippen MR) is 68.8 cm³/mol. The van der Waals surface area contributed by atoms with Crippen LogP contribution < -0.4 is 0 Å². The van der Waals surface area contributed by atoms with Gasteiger partial charge in [0.25, 0.3) is 0 Å². The van der Waals surface area contributed by atoms with Gasteiger partial charge in [-0.1, -0.05) is 29.8 Å². The minimum Gasteiger partial charge on any atom is -0.478 e. The van der Waals surface area contributed by atoms with Crippen molar-refractivity contribution in [3.63, 3.8) is 0 Å². The average Bonchev–Trinajstić information content (AvgIpc) is 2.37. The van der Waals surface area contributed by atoms with E-state index in [4.69, 9.17) is 16.7 Å². The minimum atomic E-state index is -4.53. The highest BCUT2D eigenvalue weighted by Crippen LogP contribution is 2.37. The van der Waals surface area contributed by atoms with Crippen molar-refractivity contribution in [3.05, 3.63) is 58.6 Å². The Kier molecular flexibility index (Phi) is 3.72. The third-order valence-corrected chi connectivity index (χ3v) is 2.91. The molecular formula is C14H8ClF3O2. The van der Waals surface area contributed by atoms with Crippen LogP contribution in [0.15, 0.2) is 42.5 Å². The van der Waals surface area contributed by atoms with E-state index in [0.29, 0.717) is 0 Å². The molecule has 2 aromatic carbocycles. The van der Waals surface area contributed by atoms with E-state index in [0.717, 1.165) is 6.07 Å². The van der Waals surface area contributed by atoms with Gasteiger partial charge in [-0.15, -0.1) is 0 Å². The zero-order valence-corrected chi connectivity index (χ0v) is 10.7. The molecule has 2 rings (SSSR count). The Labute approximate surface area is 117 Å². The molecule has 104 valence electrons. The molecule has 0 atom stereocenters. The standard InChI is InChI=1S/C14H8ClF3O2/c15-10-6-8(5-9(7-10)13(19)20)11-3-1-2-4-12(11)14(16,17)18/h1-7H,(H,19,20). The second kappa shape index (κ2) is 5.17. The number of hydrogen-bond acceptors (Lipinski definition) is 1. The van der Waals surface area contributed by atoms with Crippen LogP contribution in [0.3, 0.4) is 0 Å². The van der Waals surface area contributed by atoms with Gasteiger partial charge in [0.15, 0.2) is 0 Å². The Balaban J connectivity index is 2.66. The monoisotopic (exact) mass is 300 g/mol. The van der Waals surface area contributed by atoms with Gasteiger partial charge in [-0.2, -0.15) is 13.2 Å². The van der Waals surface area contributed by atoms with Crippen molar-refractivity contribution in [1.82, 2.24) is 0 Å². The van der Waals surface area contributed by atoms with Crippen LogP contribution >= 0.6 is 11.6 Å². The maximum Gasteiger partial charge on any atom is 0.417 e. The summed E-state index contributed by atoms with van der Waals surface area (Å²) in [6.45, 7) is 0. The van der Waals surface area contributed by atoms with Crippen molar-refractivity contribution in [2.24, 2.45) is 0 Å². The van der Waals surface area contributed by atoms with Crippen LogP contribution in [0, 0.1) is 0 Å². The Morgan fingerprint density at radius 1 is 1.10 bits per heavy atom. The normalized spacial score (nSPS) is 11.4. The highest BCUT2D eigenvalue weighted by atomic mass is 35.5. The molecule has 0 aliphatic rings. The van der Waals surface area contributed by atoms with Gasteiger partial charge in [-0.25, -0.2) is 4.79 Å². The maximum absolute atomic E-state index is 12.9. The van der Waals surface area contributed by atoms with Crippen LogP contribution in [-0.2, 0) is 6.18 Å². The molecule has 0 saturated heterocycles. The lowest BCUT2D eigenvalue weighted by Crippen LogP contribution is -2.07. The van der Waals surface area contributed by atoms with Gasteiger partial charge >= 0.3 is 12.1 Å². The van der Waals surface area contributed by atoms with E-state index in [1.54, 1.807) is 0 Å². The number of aromatic carboxylic acids is 1. The third-order valence-electron chi connectivity index (χ3n) is 2.69. The number of benzene rings is 2. The highest BCUT2D eigenvalue weighted by Gasteiger charge is 2.33. The summed E-state index contributed by atoms with van der Waals surface area (Å²) >= 11 is 5.77. The molecule has 0 fully saturated rings. The number of carboxylic acids is 1. The maximum atomic E-state index is 12.9. The summed E-state index contributed by atoms with van der Waals surface area (Å²) in [5, 5.41) is 9.00. The fourth-order valence-corrected chi connectivity index (χ4v) is 2.09. The van der Waals surface area contributed by atoms with Crippen LogP contribution in [0.5, 0.6) is 0 Å². The summed E-state index contributed by atoms with van der Waals surface area (Å²) in [4.78, 5) is 10.9. The molecule has 0 aliphatic carbocycles. The predicted octanol–water partition coefficient (Wildman–Crippen LogP) is 4.72. The molecule has 1 N–H and O–H groups in total. The Morgan fingerprint density at radius 2 is 1.75 bits per heavy atom. The number of carbonyl (C=O) groups is 1. The Morgan fingerprint density at radius 3 is 2.35 bits per heavy atom. The van der Waals surface area contributed by atoms with E-state index < -0.39 is 17.7 Å². The summed E-state index contributed by atoms with van der Waals surface area (Å²) in [6, 6.07) is 8.60. The van der Waals surface area contributed by atoms with Gasteiger partial charge in [0.1, 0.15) is 0 Å². The fraction of sp³-hybridized carbons (Fsp3) is 0.0714. The molecule has 6 heteroatoms. The zero-order chi connectivity index (χ0) is 14.9. The topological polar surface area (TPSA) is 37.3 Å². The van der Waals surface area contributed by atoms with Gasteiger partial charge in [0.05, 0.1) is 11.1 Å². The van der Waals surface area contributed by atoms with Crippen molar-refractivity contribution in [1.29, 1.82) is 0 Å². The first-order chi connectivity index (χ1) is 9.29. The largest absolute Gasteiger partial charge is 0.478 e. The van der Waals surface area contributed by atoms with Gasteiger partial charge in [0, 0.05) is 5.02 Å². The Bertz CT molecular complexity index is 666. The lowest BCUT2D eigenvalue weighted by Gasteiger charge is -2.13. The highest BCUT2D eigenvalue weighted by molar-refractivity contribution is 6.31. The van der Waals surface area contributed by atoms with Gasteiger partial charge in [-0.05, 0) is 35.4 Å². The first-order valence-corrected chi connectivity index (χ1v) is 5.87. The number of rotatable bonds is 2. The van der Waals surface area contributed by atoms with E-state index in [1.165, 1.54) is 36.4 Å². The molecule has 0 saturated carbocycles. The van der Waals surface area contributed by atoms with Gasteiger partial charge in [0.2, 0.25) is 0 Å².